The number of rotatable bonds is 4. The Kier molecular flexibility index (Phi) is 4.22. The summed E-state index contributed by atoms with van der Waals surface area (Å²) in [5.74, 6) is 0.444. The van der Waals surface area contributed by atoms with E-state index in [2.05, 4.69) is 15.2 Å². The second kappa shape index (κ2) is 6.53. The molecule has 7 nitrogen and oxygen atoms in total. The third kappa shape index (κ3) is 3.27. The lowest BCUT2D eigenvalue weighted by Crippen LogP contribution is -2.57. The fourth-order valence-electron chi connectivity index (χ4n) is 3.62. The van der Waals surface area contributed by atoms with Gasteiger partial charge in [-0.25, -0.2) is 4.98 Å². The fourth-order valence-corrected chi connectivity index (χ4v) is 4.44. The molecule has 1 atom stereocenters. The highest BCUT2D eigenvalue weighted by Gasteiger charge is 2.35. The normalized spacial score (nSPS) is 24.9. The number of piperidine rings is 3. The zero-order valence-corrected chi connectivity index (χ0v) is 14.4. The van der Waals surface area contributed by atoms with Crippen molar-refractivity contribution in [2.45, 2.75) is 18.9 Å². The van der Waals surface area contributed by atoms with Crippen LogP contribution < -0.4 is 5.32 Å². The maximum Gasteiger partial charge on any atom is 0.280 e. The van der Waals surface area contributed by atoms with Crippen LogP contribution in [0.1, 0.15) is 22.6 Å². The minimum atomic E-state index is -0.427. The van der Waals surface area contributed by atoms with Crippen molar-refractivity contribution in [3.8, 4) is 10.4 Å². The van der Waals surface area contributed by atoms with E-state index in [-0.39, 0.29) is 17.6 Å². The van der Waals surface area contributed by atoms with Crippen molar-refractivity contribution >= 4 is 22.9 Å². The number of amides is 1. The van der Waals surface area contributed by atoms with Crippen molar-refractivity contribution in [3.05, 3.63) is 45.6 Å². The highest BCUT2D eigenvalue weighted by atomic mass is 32.1. The molecular weight excluding hydrogens is 340 g/mol. The van der Waals surface area contributed by atoms with E-state index >= 15 is 0 Å². The molecule has 0 unspecified atom stereocenters. The van der Waals surface area contributed by atoms with Crippen LogP contribution in [0.2, 0.25) is 0 Å². The number of carbonyl (C=O) groups is 1. The Morgan fingerprint density at radius 3 is 2.60 bits per heavy atom. The van der Waals surface area contributed by atoms with Crippen LogP contribution in [0.25, 0.3) is 10.4 Å². The van der Waals surface area contributed by atoms with E-state index in [9.17, 15) is 14.9 Å². The molecule has 2 aromatic rings. The van der Waals surface area contributed by atoms with Gasteiger partial charge in [0.2, 0.25) is 0 Å². The number of nitro benzene ring substituents is 1. The molecule has 4 heterocycles. The summed E-state index contributed by atoms with van der Waals surface area (Å²) in [6.07, 6.45) is 3.95. The van der Waals surface area contributed by atoms with Gasteiger partial charge in [0.1, 0.15) is 0 Å². The first kappa shape index (κ1) is 16.2. The lowest BCUT2D eigenvalue weighted by molar-refractivity contribution is -0.384. The highest BCUT2D eigenvalue weighted by Crippen LogP contribution is 2.30. The van der Waals surface area contributed by atoms with E-state index in [0.29, 0.717) is 10.9 Å². The molecule has 0 saturated carbocycles. The van der Waals surface area contributed by atoms with Crippen LogP contribution in [0.4, 0.5) is 5.69 Å². The molecule has 2 bridgehead atoms. The number of nitro groups is 1. The molecule has 3 fully saturated rings. The van der Waals surface area contributed by atoms with Gasteiger partial charge in [0, 0.05) is 30.9 Å². The summed E-state index contributed by atoms with van der Waals surface area (Å²) < 4.78 is 0. The lowest BCUT2D eigenvalue weighted by Gasteiger charge is -2.44. The summed E-state index contributed by atoms with van der Waals surface area (Å²) in [5, 5.41) is 14.3. The zero-order chi connectivity index (χ0) is 17.4. The maximum atomic E-state index is 12.5. The van der Waals surface area contributed by atoms with Gasteiger partial charge in [0.25, 0.3) is 11.6 Å². The number of non-ortho nitro benzene ring substituents is 1. The van der Waals surface area contributed by atoms with E-state index < -0.39 is 4.92 Å². The number of nitrogens with zero attached hydrogens (tertiary/aromatic N) is 3. The quantitative estimate of drug-likeness (QED) is 0.670. The van der Waals surface area contributed by atoms with E-state index in [1.54, 1.807) is 18.3 Å². The molecule has 1 N–H and O–H groups in total. The molecule has 1 amide bonds. The number of fused-ring (bicyclic) bond motifs is 3. The van der Waals surface area contributed by atoms with E-state index in [1.807, 2.05) is 0 Å². The molecule has 8 heteroatoms. The van der Waals surface area contributed by atoms with Crippen LogP contribution in [0.5, 0.6) is 0 Å². The predicted molar refractivity (Wildman–Crippen MR) is 94.6 cm³/mol. The van der Waals surface area contributed by atoms with Crippen molar-refractivity contribution in [2.75, 3.05) is 19.6 Å². The fraction of sp³-hybridized carbons (Fsp3) is 0.412. The van der Waals surface area contributed by atoms with Crippen molar-refractivity contribution in [2.24, 2.45) is 5.92 Å². The number of aromatic nitrogens is 1. The monoisotopic (exact) mass is 358 g/mol. The number of hydrogen-bond acceptors (Lipinski definition) is 6. The maximum absolute atomic E-state index is 12.5. The standard InChI is InChI=1S/C17H18N4O3S/c22-16(19-14-10-20-7-5-11(14)6-8-20)17-18-9-15(25-17)12-1-3-13(4-2-12)21(23)24/h1-4,9,11,14H,5-8,10H2,(H,19,22)/t14-/m0/s1. The van der Waals surface area contributed by atoms with Gasteiger partial charge in [0.15, 0.2) is 5.01 Å². The van der Waals surface area contributed by atoms with Gasteiger partial charge in [0.05, 0.1) is 9.80 Å². The van der Waals surface area contributed by atoms with E-state index in [0.717, 1.165) is 42.9 Å². The van der Waals surface area contributed by atoms with E-state index in [1.165, 1.54) is 23.5 Å². The van der Waals surface area contributed by atoms with Crippen LogP contribution >= 0.6 is 11.3 Å². The Morgan fingerprint density at radius 2 is 2.00 bits per heavy atom. The molecule has 25 heavy (non-hydrogen) atoms. The Labute approximate surface area is 148 Å². The third-order valence-corrected chi connectivity index (χ3v) is 6.08. The number of thiazole rings is 1. The molecule has 1 aromatic carbocycles. The van der Waals surface area contributed by atoms with Crippen molar-refractivity contribution in [1.82, 2.24) is 15.2 Å². The van der Waals surface area contributed by atoms with E-state index in [4.69, 9.17) is 0 Å². The van der Waals surface area contributed by atoms with Crippen LogP contribution in [0.15, 0.2) is 30.5 Å². The molecule has 130 valence electrons. The molecule has 1 aromatic heterocycles. The number of hydrogen-bond donors (Lipinski definition) is 1. The first-order chi connectivity index (χ1) is 12.1. The summed E-state index contributed by atoms with van der Waals surface area (Å²) in [6, 6.07) is 6.49. The molecule has 0 spiro atoms. The first-order valence-corrected chi connectivity index (χ1v) is 9.15. The van der Waals surface area contributed by atoms with Crippen LogP contribution in [-0.4, -0.2) is 46.4 Å². The first-order valence-electron chi connectivity index (χ1n) is 8.34. The predicted octanol–water partition coefficient (Wildman–Crippen LogP) is 2.54. The average Bonchev–Trinajstić information content (AvgIpc) is 3.13. The number of nitrogens with one attached hydrogen (secondary N) is 1. The van der Waals surface area contributed by atoms with Crippen molar-refractivity contribution in [3.63, 3.8) is 0 Å². The van der Waals surface area contributed by atoms with Gasteiger partial charge in [-0.1, -0.05) is 0 Å². The second-order valence-electron chi connectivity index (χ2n) is 6.55. The SMILES string of the molecule is O=C(N[C@H]1CN2CCC1CC2)c1ncc(-c2ccc([N+](=O)[O-])cc2)s1. The Balaban J connectivity index is 1.45. The minimum Gasteiger partial charge on any atom is -0.346 e. The Hall–Kier alpha value is -2.32. The van der Waals surface area contributed by atoms with Gasteiger partial charge in [-0.15, -0.1) is 11.3 Å². The molecule has 0 aliphatic carbocycles. The van der Waals surface area contributed by atoms with Crippen LogP contribution in [-0.2, 0) is 0 Å². The highest BCUT2D eigenvalue weighted by molar-refractivity contribution is 7.16. The summed E-state index contributed by atoms with van der Waals surface area (Å²) >= 11 is 1.31. The topological polar surface area (TPSA) is 88.4 Å². The largest absolute Gasteiger partial charge is 0.346 e. The molecular formula is C17H18N4O3S. The molecule has 3 saturated heterocycles. The summed E-state index contributed by atoms with van der Waals surface area (Å²) in [6.45, 7) is 3.20. The summed E-state index contributed by atoms with van der Waals surface area (Å²) in [4.78, 5) is 30.3. The zero-order valence-electron chi connectivity index (χ0n) is 13.6. The van der Waals surface area contributed by atoms with Gasteiger partial charge in [-0.3, -0.25) is 14.9 Å². The molecule has 5 rings (SSSR count). The third-order valence-electron chi connectivity index (χ3n) is 5.04. The lowest BCUT2D eigenvalue weighted by atomic mass is 9.84. The van der Waals surface area contributed by atoms with Gasteiger partial charge in [-0.2, -0.15) is 0 Å². The molecule has 0 radical (unpaired) electrons. The van der Waals surface area contributed by atoms with Crippen LogP contribution in [0.3, 0.4) is 0 Å². The van der Waals surface area contributed by atoms with Crippen molar-refractivity contribution in [1.29, 1.82) is 0 Å². The van der Waals surface area contributed by atoms with Crippen molar-refractivity contribution < 1.29 is 9.72 Å². The van der Waals surface area contributed by atoms with Gasteiger partial charge in [-0.05, 0) is 49.5 Å². The second-order valence-corrected chi connectivity index (χ2v) is 7.58. The van der Waals surface area contributed by atoms with Gasteiger partial charge < -0.3 is 10.2 Å². The minimum absolute atomic E-state index is 0.0496. The van der Waals surface area contributed by atoms with Gasteiger partial charge >= 0.3 is 0 Å². The summed E-state index contributed by atoms with van der Waals surface area (Å²) in [5.41, 5.74) is 0.874. The molecule has 3 aliphatic heterocycles. The average molecular weight is 358 g/mol. The number of benzene rings is 1. The molecule has 3 aliphatic rings. The Bertz CT molecular complexity index is 796. The van der Waals surface area contributed by atoms with Crippen LogP contribution in [0, 0.1) is 16.0 Å². The smallest absolute Gasteiger partial charge is 0.280 e. The number of carbonyl (C=O) groups excluding carboxylic acids is 1. The summed E-state index contributed by atoms with van der Waals surface area (Å²) in [7, 11) is 0. The Morgan fingerprint density at radius 1 is 1.28 bits per heavy atom.